The third-order valence-electron chi connectivity index (χ3n) is 6.10. The third kappa shape index (κ3) is 5.26. The molecule has 0 aliphatic carbocycles. The Balaban J connectivity index is 1.33. The van der Waals surface area contributed by atoms with Gasteiger partial charge in [0.15, 0.2) is 0 Å². The number of piperazine rings is 1. The van der Waals surface area contributed by atoms with Crippen LogP contribution in [0.3, 0.4) is 0 Å². The van der Waals surface area contributed by atoms with Gasteiger partial charge in [-0.25, -0.2) is 4.39 Å². The number of aromatic nitrogens is 1. The van der Waals surface area contributed by atoms with Gasteiger partial charge in [0.2, 0.25) is 5.91 Å². The molecule has 2 aromatic carbocycles. The van der Waals surface area contributed by atoms with Gasteiger partial charge in [-0.15, -0.1) is 0 Å². The van der Waals surface area contributed by atoms with Crippen molar-refractivity contribution in [1.29, 1.82) is 0 Å². The lowest BCUT2D eigenvalue weighted by Crippen LogP contribution is -2.42. The number of carbonyl (C=O) groups is 1. The molecule has 1 saturated heterocycles. The zero-order valence-electron chi connectivity index (χ0n) is 18.8. The maximum absolute atomic E-state index is 14.1. The number of hydrogen-bond acceptors (Lipinski definition) is 3. The maximum atomic E-state index is 14.1. The maximum Gasteiger partial charge on any atom is 0.244 e. The average Bonchev–Trinajstić information content (AvgIpc) is 3.13. The van der Waals surface area contributed by atoms with Gasteiger partial charge >= 0.3 is 0 Å². The first-order chi connectivity index (χ1) is 15.5. The largest absolute Gasteiger partial charge is 0.356 e. The fraction of sp³-hybridized carbons (Fsp3) is 0.346. The SMILES string of the molecule is Cc1[nH]c2c(F)ccc(C)c2c1CCNC(=O)/C=C/c1cccc(CN2CCNCC2)c1. The Labute approximate surface area is 188 Å². The van der Waals surface area contributed by atoms with E-state index in [1.54, 1.807) is 12.1 Å². The van der Waals surface area contributed by atoms with Crippen molar-refractivity contribution in [1.82, 2.24) is 20.5 Å². The molecule has 0 bridgehead atoms. The van der Waals surface area contributed by atoms with Crippen molar-refractivity contribution in [2.45, 2.75) is 26.8 Å². The summed E-state index contributed by atoms with van der Waals surface area (Å²) in [5, 5.41) is 7.24. The summed E-state index contributed by atoms with van der Waals surface area (Å²) in [6.45, 7) is 9.54. The van der Waals surface area contributed by atoms with E-state index in [4.69, 9.17) is 0 Å². The van der Waals surface area contributed by atoms with E-state index in [2.05, 4.69) is 32.7 Å². The number of halogens is 1. The highest BCUT2D eigenvalue weighted by atomic mass is 19.1. The molecular formula is C26H31FN4O. The quantitative estimate of drug-likeness (QED) is 0.497. The molecule has 2 heterocycles. The fourth-order valence-electron chi connectivity index (χ4n) is 4.42. The normalized spacial score (nSPS) is 15.0. The summed E-state index contributed by atoms with van der Waals surface area (Å²) >= 11 is 0. The van der Waals surface area contributed by atoms with Crippen LogP contribution in [-0.4, -0.2) is 48.5 Å². The van der Waals surface area contributed by atoms with Gasteiger partial charge in [-0.2, -0.15) is 0 Å². The minimum atomic E-state index is -0.244. The molecule has 0 atom stereocenters. The molecule has 0 saturated carbocycles. The number of benzene rings is 2. The molecule has 3 N–H and O–H groups in total. The fourth-order valence-corrected chi connectivity index (χ4v) is 4.42. The molecule has 0 spiro atoms. The van der Waals surface area contributed by atoms with Crippen molar-refractivity contribution < 1.29 is 9.18 Å². The van der Waals surface area contributed by atoms with E-state index in [0.717, 1.165) is 60.5 Å². The number of carbonyl (C=O) groups excluding carboxylic acids is 1. The highest BCUT2D eigenvalue weighted by Crippen LogP contribution is 2.27. The molecule has 5 nitrogen and oxygen atoms in total. The Bertz CT molecular complexity index is 1130. The van der Waals surface area contributed by atoms with E-state index in [9.17, 15) is 9.18 Å². The molecule has 1 aliphatic heterocycles. The lowest BCUT2D eigenvalue weighted by atomic mass is 10.0. The summed E-state index contributed by atoms with van der Waals surface area (Å²) in [4.78, 5) is 17.9. The summed E-state index contributed by atoms with van der Waals surface area (Å²) in [6.07, 6.45) is 4.08. The molecule has 1 amide bonds. The molecule has 4 rings (SSSR count). The number of nitrogens with zero attached hydrogens (tertiary/aromatic N) is 1. The van der Waals surface area contributed by atoms with Crippen molar-refractivity contribution in [2.24, 2.45) is 0 Å². The summed E-state index contributed by atoms with van der Waals surface area (Å²) in [7, 11) is 0. The van der Waals surface area contributed by atoms with Gasteiger partial charge in [-0.05, 0) is 54.7 Å². The number of hydrogen-bond donors (Lipinski definition) is 3. The summed E-state index contributed by atoms with van der Waals surface area (Å²) in [5.74, 6) is -0.371. The van der Waals surface area contributed by atoms with Crippen LogP contribution in [0.2, 0.25) is 0 Å². The molecule has 1 aromatic heterocycles. The van der Waals surface area contributed by atoms with Gasteiger partial charge in [0.25, 0.3) is 0 Å². The van der Waals surface area contributed by atoms with E-state index in [1.165, 1.54) is 11.6 Å². The second kappa shape index (κ2) is 10.1. The van der Waals surface area contributed by atoms with E-state index in [-0.39, 0.29) is 11.7 Å². The number of rotatable bonds is 7. The lowest BCUT2D eigenvalue weighted by Gasteiger charge is -2.27. The topological polar surface area (TPSA) is 60.2 Å². The zero-order chi connectivity index (χ0) is 22.5. The minimum absolute atomic E-state index is 0.127. The van der Waals surface area contributed by atoms with Gasteiger partial charge in [0.1, 0.15) is 5.82 Å². The Kier molecular flexibility index (Phi) is 7.02. The van der Waals surface area contributed by atoms with Crippen LogP contribution in [0.1, 0.15) is 27.9 Å². The summed E-state index contributed by atoms with van der Waals surface area (Å²) in [5.41, 5.74) is 5.86. The van der Waals surface area contributed by atoms with Crippen molar-refractivity contribution >= 4 is 22.9 Å². The van der Waals surface area contributed by atoms with Crippen molar-refractivity contribution in [3.05, 3.63) is 76.2 Å². The predicted molar refractivity (Wildman–Crippen MR) is 128 cm³/mol. The molecule has 168 valence electrons. The molecule has 1 fully saturated rings. The molecule has 1 aliphatic rings. The van der Waals surface area contributed by atoms with Crippen LogP contribution < -0.4 is 10.6 Å². The molecule has 32 heavy (non-hydrogen) atoms. The number of amides is 1. The minimum Gasteiger partial charge on any atom is -0.356 e. The van der Waals surface area contributed by atoms with Gasteiger partial charge in [0, 0.05) is 56.4 Å². The van der Waals surface area contributed by atoms with Crippen molar-refractivity contribution in [3.63, 3.8) is 0 Å². The molecule has 0 unspecified atom stereocenters. The van der Waals surface area contributed by atoms with E-state index < -0.39 is 0 Å². The van der Waals surface area contributed by atoms with Gasteiger partial charge in [-0.3, -0.25) is 9.69 Å². The van der Waals surface area contributed by atoms with Crippen LogP contribution in [0.25, 0.3) is 17.0 Å². The summed E-state index contributed by atoms with van der Waals surface area (Å²) < 4.78 is 14.1. The first-order valence-electron chi connectivity index (χ1n) is 11.3. The van der Waals surface area contributed by atoms with Gasteiger partial charge in [-0.1, -0.05) is 30.3 Å². The Morgan fingerprint density at radius 3 is 2.81 bits per heavy atom. The van der Waals surface area contributed by atoms with Crippen LogP contribution in [0, 0.1) is 19.7 Å². The van der Waals surface area contributed by atoms with Gasteiger partial charge in [0.05, 0.1) is 5.52 Å². The Morgan fingerprint density at radius 1 is 1.19 bits per heavy atom. The number of nitrogens with one attached hydrogen (secondary N) is 3. The number of aromatic amines is 1. The summed E-state index contributed by atoms with van der Waals surface area (Å²) in [6, 6.07) is 11.6. The van der Waals surface area contributed by atoms with Crippen LogP contribution in [0.4, 0.5) is 4.39 Å². The van der Waals surface area contributed by atoms with E-state index >= 15 is 0 Å². The van der Waals surface area contributed by atoms with E-state index in [1.807, 2.05) is 32.1 Å². The van der Waals surface area contributed by atoms with Crippen LogP contribution in [0.15, 0.2) is 42.5 Å². The lowest BCUT2D eigenvalue weighted by molar-refractivity contribution is -0.116. The van der Waals surface area contributed by atoms with Crippen LogP contribution in [0.5, 0.6) is 0 Å². The second-order valence-electron chi connectivity index (χ2n) is 8.49. The van der Waals surface area contributed by atoms with E-state index in [0.29, 0.717) is 18.5 Å². The molecule has 0 radical (unpaired) electrons. The highest BCUT2D eigenvalue weighted by molar-refractivity contribution is 5.92. The first-order valence-corrected chi connectivity index (χ1v) is 11.3. The third-order valence-corrected chi connectivity index (χ3v) is 6.10. The second-order valence-corrected chi connectivity index (χ2v) is 8.49. The zero-order valence-corrected chi connectivity index (χ0v) is 18.8. The Hall–Kier alpha value is -2.96. The van der Waals surface area contributed by atoms with Crippen molar-refractivity contribution in [2.75, 3.05) is 32.7 Å². The standard InChI is InChI=1S/C26H31FN4O/c1-18-6-8-23(27)26-25(18)22(19(2)30-26)10-11-29-24(32)9-7-20-4-3-5-21(16-20)17-31-14-12-28-13-15-31/h3-9,16,28,30H,10-15,17H2,1-2H3,(H,29,32)/b9-7+. The number of aryl methyl sites for hydroxylation is 2. The highest BCUT2D eigenvalue weighted by Gasteiger charge is 2.14. The first kappa shape index (κ1) is 22.2. The molecular weight excluding hydrogens is 403 g/mol. The van der Waals surface area contributed by atoms with Crippen LogP contribution in [-0.2, 0) is 17.8 Å². The van der Waals surface area contributed by atoms with Gasteiger partial charge < -0.3 is 15.6 Å². The monoisotopic (exact) mass is 434 g/mol. The predicted octanol–water partition coefficient (Wildman–Crippen LogP) is 3.70. The smallest absolute Gasteiger partial charge is 0.244 e. The average molecular weight is 435 g/mol. The molecule has 6 heteroatoms. The Morgan fingerprint density at radius 2 is 2.00 bits per heavy atom. The van der Waals surface area contributed by atoms with Crippen molar-refractivity contribution in [3.8, 4) is 0 Å². The molecule has 3 aromatic rings. The number of H-pyrrole nitrogens is 1. The number of fused-ring (bicyclic) bond motifs is 1. The van der Waals surface area contributed by atoms with Crippen LogP contribution >= 0.6 is 0 Å².